The van der Waals surface area contributed by atoms with Crippen LogP contribution in [0.15, 0.2) is 24.3 Å². The highest BCUT2D eigenvalue weighted by Crippen LogP contribution is 2.08. The number of nitrogens with zero attached hydrogens (tertiary/aromatic N) is 1. The number of hydrogen-bond acceptors (Lipinski definition) is 2. The van der Waals surface area contributed by atoms with Crippen molar-refractivity contribution in [3.05, 3.63) is 35.4 Å². The fourth-order valence-corrected chi connectivity index (χ4v) is 2.08. The Balaban J connectivity index is 2.54. The van der Waals surface area contributed by atoms with Crippen molar-refractivity contribution in [3.8, 4) is 0 Å². The van der Waals surface area contributed by atoms with Crippen LogP contribution in [0.3, 0.4) is 0 Å². The minimum Gasteiger partial charge on any atom is -0.352 e. The number of carbonyl (C=O) groups excluding carboxylic acids is 2. The second-order valence-electron chi connectivity index (χ2n) is 5.05. The van der Waals surface area contributed by atoms with Crippen molar-refractivity contribution >= 4 is 11.8 Å². The van der Waals surface area contributed by atoms with E-state index in [9.17, 15) is 9.59 Å². The molecule has 0 aromatic heterocycles. The van der Waals surface area contributed by atoms with E-state index >= 15 is 0 Å². The Bertz CT molecular complexity index is 450. The summed E-state index contributed by atoms with van der Waals surface area (Å²) in [5.74, 6) is 0.138. The summed E-state index contributed by atoms with van der Waals surface area (Å²) in [6.45, 7) is 7.96. The number of unbranched alkanes of at least 4 members (excludes halogenated alkanes) is 1. The smallest absolute Gasteiger partial charge is 0.253 e. The number of rotatable bonds is 8. The van der Waals surface area contributed by atoms with Gasteiger partial charge < -0.3 is 10.2 Å². The first-order valence-corrected chi connectivity index (χ1v) is 7.77. The van der Waals surface area contributed by atoms with Crippen LogP contribution < -0.4 is 5.32 Å². The lowest BCUT2D eigenvalue weighted by atomic mass is 10.1. The average molecular weight is 290 g/mol. The van der Waals surface area contributed by atoms with Crippen molar-refractivity contribution < 1.29 is 9.59 Å². The number of benzene rings is 1. The van der Waals surface area contributed by atoms with E-state index in [1.807, 2.05) is 38.1 Å². The molecule has 0 heterocycles. The maximum atomic E-state index is 12.2. The summed E-state index contributed by atoms with van der Waals surface area (Å²) in [4.78, 5) is 25.5. The van der Waals surface area contributed by atoms with Crippen LogP contribution in [0.4, 0.5) is 0 Å². The molecule has 116 valence electrons. The van der Waals surface area contributed by atoms with Crippen LogP contribution in [0, 0.1) is 0 Å². The monoisotopic (exact) mass is 290 g/mol. The standard InChI is InChI=1S/C17H26N2O2/c1-4-7-8-16(20)18-13-14-9-11-15(12-10-14)17(21)19(5-2)6-3/h9-12H,4-8,13H2,1-3H3,(H,18,20). The van der Waals surface area contributed by atoms with Crippen LogP contribution in [-0.2, 0) is 11.3 Å². The SMILES string of the molecule is CCCCC(=O)NCc1ccc(C(=O)N(CC)CC)cc1. The molecule has 4 heteroatoms. The molecule has 0 aliphatic rings. The zero-order chi connectivity index (χ0) is 15.7. The predicted octanol–water partition coefficient (Wildman–Crippen LogP) is 2.98. The molecule has 1 rings (SSSR count). The first-order valence-electron chi connectivity index (χ1n) is 7.77. The molecule has 4 nitrogen and oxygen atoms in total. The molecule has 1 aromatic rings. The third kappa shape index (κ3) is 5.58. The highest BCUT2D eigenvalue weighted by atomic mass is 16.2. The highest BCUT2D eigenvalue weighted by molar-refractivity contribution is 5.94. The largest absolute Gasteiger partial charge is 0.352 e. The van der Waals surface area contributed by atoms with Crippen molar-refractivity contribution in [2.45, 2.75) is 46.6 Å². The molecule has 0 atom stereocenters. The predicted molar refractivity (Wildman–Crippen MR) is 85.1 cm³/mol. The molecule has 0 spiro atoms. The maximum Gasteiger partial charge on any atom is 0.253 e. The summed E-state index contributed by atoms with van der Waals surface area (Å²) in [6, 6.07) is 7.45. The molecular formula is C17H26N2O2. The van der Waals surface area contributed by atoms with Crippen molar-refractivity contribution in [1.82, 2.24) is 10.2 Å². The van der Waals surface area contributed by atoms with E-state index in [1.165, 1.54) is 0 Å². The van der Waals surface area contributed by atoms with Gasteiger partial charge >= 0.3 is 0 Å². The summed E-state index contributed by atoms with van der Waals surface area (Å²) in [5.41, 5.74) is 1.70. The summed E-state index contributed by atoms with van der Waals surface area (Å²) >= 11 is 0. The van der Waals surface area contributed by atoms with Gasteiger partial charge in [0.25, 0.3) is 5.91 Å². The molecule has 0 aliphatic heterocycles. The molecule has 0 unspecified atom stereocenters. The Morgan fingerprint density at radius 2 is 1.67 bits per heavy atom. The van der Waals surface area contributed by atoms with Crippen LogP contribution in [0.1, 0.15) is 56.0 Å². The van der Waals surface area contributed by atoms with E-state index in [1.54, 1.807) is 4.90 Å². The Kier molecular flexibility index (Phi) is 7.51. The Hall–Kier alpha value is -1.84. The fraction of sp³-hybridized carbons (Fsp3) is 0.529. The van der Waals surface area contributed by atoms with Gasteiger partial charge in [-0.05, 0) is 38.0 Å². The molecule has 0 radical (unpaired) electrons. The average Bonchev–Trinajstić information content (AvgIpc) is 2.52. The minimum absolute atomic E-state index is 0.0542. The summed E-state index contributed by atoms with van der Waals surface area (Å²) in [7, 11) is 0. The van der Waals surface area contributed by atoms with E-state index < -0.39 is 0 Å². The maximum absolute atomic E-state index is 12.2. The highest BCUT2D eigenvalue weighted by Gasteiger charge is 2.11. The zero-order valence-electron chi connectivity index (χ0n) is 13.3. The fourth-order valence-electron chi connectivity index (χ4n) is 2.08. The molecule has 2 amide bonds. The van der Waals surface area contributed by atoms with Crippen LogP contribution >= 0.6 is 0 Å². The molecule has 0 aliphatic carbocycles. The van der Waals surface area contributed by atoms with E-state index in [2.05, 4.69) is 12.2 Å². The van der Waals surface area contributed by atoms with E-state index in [4.69, 9.17) is 0 Å². The van der Waals surface area contributed by atoms with E-state index in [-0.39, 0.29) is 11.8 Å². The van der Waals surface area contributed by atoms with Crippen molar-refractivity contribution in [2.24, 2.45) is 0 Å². The van der Waals surface area contributed by atoms with Crippen molar-refractivity contribution in [3.63, 3.8) is 0 Å². The van der Waals surface area contributed by atoms with Crippen LogP contribution in [0.25, 0.3) is 0 Å². The van der Waals surface area contributed by atoms with Crippen LogP contribution in [-0.4, -0.2) is 29.8 Å². The third-order valence-corrected chi connectivity index (χ3v) is 3.50. The number of carbonyl (C=O) groups is 2. The normalized spacial score (nSPS) is 10.2. The van der Waals surface area contributed by atoms with Gasteiger partial charge in [0.2, 0.25) is 5.91 Å². The van der Waals surface area contributed by atoms with Gasteiger partial charge in [-0.25, -0.2) is 0 Å². The molecule has 1 aromatic carbocycles. The summed E-state index contributed by atoms with van der Waals surface area (Å²) in [5, 5.41) is 2.89. The Morgan fingerprint density at radius 1 is 1.05 bits per heavy atom. The molecular weight excluding hydrogens is 264 g/mol. The summed E-state index contributed by atoms with van der Waals surface area (Å²) < 4.78 is 0. The lowest BCUT2D eigenvalue weighted by molar-refractivity contribution is -0.121. The second kappa shape index (κ2) is 9.16. The molecule has 0 saturated carbocycles. The van der Waals surface area contributed by atoms with Crippen molar-refractivity contribution in [2.75, 3.05) is 13.1 Å². The van der Waals surface area contributed by atoms with Gasteiger partial charge in [0, 0.05) is 31.6 Å². The minimum atomic E-state index is 0.0542. The number of nitrogens with one attached hydrogen (secondary N) is 1. The van der Waals surface area contributed by atoms with Gasteiger partial charge in [0.15, 0.2) is 0 Å². The molecule has 0 fully saturated rings. The number of hydrogen-bond donors (Lipinski definition) is 1. The number of amides is 2. The van der Waals surface area contributed by atoms with Crippen molar-refractivity contribution in [1.29, 1.82) is 0 Å². The topological polar surface area (TPSA) is 49.4 Å². The third-order valence-electron chi connectivity index (χ3n) is 3.50. The van der Waals surface area contributed by atoms with E-state index in [0.717, 1.165) is 18.4 Å². The van der Waals surface area contributed by atoms with Gasteiger partial charge in [-0.2, -0.15) is 0 Å². The first kappa shape index (κ1) is 17.2. The van der Waals surface area contributed by atoms with Gasteiger partial charge in [-0.1, -0.05) is 25.5 Å². The Labute approximate surface area is 127 Å². The van der Waals surface area contributed by atoms with Gasteiger partial charge in [-0.15, -0.1) is 0 Å². The van der Waals surface area contributed by atoms with Gasteiger partial charge in [0.1, 0.15) is 0 Å². The zero-order valence-corrected chi connectivity index (χ0v) is 13.3. The Morgan fingerprint density at radius 3 is 2.19 bits per heavy atom. The quantitative estimate of drug-likeness (QED) is 0.800. The lowest BCUT2D eigenvalue weighted by Gasteiger charge is -2.18. The van der Waals surface area contributed by atoms with Crippen LogP contribution in [0.5, 0.6) is 0 Å². The lowest BCUT2D eigenvalue weighted by Crippen LogP contribution is -2.30. The summed E-state index contributed by atoms with van der Waals surface area (Å²) in [6.07, 6.45) is 2.52. The van der Waals surface area contributed by atoms with Gasteiger partial charge in [-0.3, -0.25) is 9.59 Å². The van der Waals surface area contributed by atoms with Crippen LogP contribution in [0.2, 0.25) is 0 Å². The van der Waals surface area contributed by atoms with E-state index in [0.29, 0.717) is 31.6 Å². The molecule has 1 N–H and O–H groups in total. The molecule has 21 heavy (non-hydrogen) atoms. The first-order chi connectivity index (χ1) is 10.1. The molecule has 0 bridgehead atoms. The second-order valence-corrected chi connectivity index (χ2v) is 5.05. The van der Waals surface area contributed by atoms with Gasteiger partial charge in [0.05, 0.1) is 0 Å². The molecule has 0 saturated heterocycles.